The molecular weight excluding hydrogens is 497 g/mol. The molecule has 5 rings (SSSR count). The third-order valence-corrected chi connectivity index (χ3v) is 6.81. The fourth-order valence-electron chi connectivity index (χ4n) is 4.51. The molecule has 1 fully saturated rings. The molecule has 37 heavy (non-hydrogen) atoms. The number of urea groups is 1. The van der Waals surface area contributed by atoms with E-state index in [0.717, 1.165) is 24.5 Å². The smallest absolute Gasteiger partial charge is 0.329 e. The summed E-state index contributed by atoms with van der Waals surface area (Å²) >= 11 is 6.01. The van der Waals surface area contributed by atoms with Gasteiger partial charge in [-0.05, 0) is 29.3 Å². The number of hydrogen-bond acceptors (Lipinski definition) is 5. The van der Waals surface area contributed by atoms with Gasteiger partial charge in [-0.25, -0.2) is 14.2 Å². The predicted octanol–water partition coefficient (Wildman–Crippen LogP) is 3.86. The van der Waals surface area contributed by atoms with Gasteiger partial charge in [-0.1, -0.05) is 41.6 Å². The number of anilines is 1. The minimum atomic E-state index is -0.432. The summed E-state index contributed by atoms with van der Waals surface area (Å²) in [5.41, 5.74) is 3.73. The second kappa shape index (κ2) is 10.7. The summed E-state index contributed by atoms with van der Waals surface area (Å²) < 4.78 is 21.1. The van der Waals surface area contributed by atoms with E-state index in [1.54, 1.807) is 18.3 Å². The van der Waals surface area contributed by atoms with Crippen LogP contribution < -0.4 is 10.2 Å². The third kappa shape index (κ3) is 5.37. The SMILES string of the molecule is Cn1c(N2CCC(=O)NC2=O)cnc1-c1ccc2c(c1)CN(CC#CCOCc1c(F)cccc1Cl)C2. The van der Waals surface area contributed by atoms with Gasteiger partial charge in [0, 0.05) is 49.3 Å². The first-order valence-corrected chi connectivity index (χ1v) is 12.2. The van der Waals surface area contributed by atoms with Crippen LogP contribution in [0.25, 0.3) is 11.4 Å². The van der Waals surface area contributed by atoms with E-state index in [4.69, 9.17) is 16.3 Å². The zero-order chi connectivity index (χ0) is 25.9. The van der Waals surface area contributed by atoms with Crippen molar-refractivity contribution in [2.24, 2.45) is 7.05 Å². The van der Waals surface area contributed by atoms with E-state index in [9.17, 15) is 14.0 Å². The highest BCUT2D eigenvalue weighted by Crippen LogP contribution is 2.30. The normalized spacial score (nSPS) is 15.4. The summed E-state index contributed by atoms with van der Waals surface area (Å²) in [5.74, 6) is 6.83. The van der Waals surface area contributed by atoms with E-state index in [0.29, 0.717) is 29.5 Å². The van der Waals surface area contributed by atoms with Gasteiger partial charge in [0.25, 0.3) is 0 Å². The fourth-order valence-corrected chi connectivity index (χ4v) is 4.73. The Morgan fingerprint density at radius 3 is 2.81 bits per heavy atom. The number of benzene rings is 2. The maximum atomic E-state index is 13.8. The van der Waals surface area contributed by atoms with Crippen LogP contribution in [-0.2, 0) is 36.3 Å². The molecule has 1 aromatic heterocycles. The average molecular weight is 522 g/mol. The Hall–Kier alpha value is -3.71. The number of carbonyl (C=O) groups excluding carboxylic acids is 2. The van der Waals surface area contributed by atoms with Crippen LogP contribution in [0.4, 0.5) is 15.0 Å². The molecule has 3 aromatic rings. The number of aromatic nitrogens is 2. The fraction of sp³-hybridized carbons (Fsp3) is 0.296. The van der Waals surface area contributed by atoms with E-state index < -0.39 is 6.03 Å². The first kappa shape index (κ1) is 25.0. The molecule has 0 aliphatic carbocycles. The van der Waals surface area contributed by atoms with Crippen LogP contribution in [0.2, 0.25) is 5.02 Å². The number of nitrogens with one attached hydrogen (secondary N) is 1. The molecule has 0 atom stereocenters. The molecule has 0 saturated carbocycles. The Balaban J connectivity index is 1.17. The number of carbonyl (C=O) groups is 2. The number of rotatable bonds is 6. The lowest BCUT2D eigenvalue weighted by Gasteiger charge is -2.26. The van der Waals surface area contributed by atoms with Gasteiger partial charge in [0.05, 0.1) is 19.3 Å². The number of amides is 3. The Labute approximate surface area is 219 Å². The zero-order valence-electron chi connectivity index (χ0n) is 20.3. The minimum Gasteiger partial charge on any atom is -0.364 e. The molecule has 2 aliphatic heterocycles. The lowest BCUT2D eigenvalue weighted by molar-refractivity contribution is -0.120. The van der Waals surface area contributed by atoms with Crippen LogP contribution in [0.5, 0.6) is 0 Å². The van der Waals surface area contributed by atoms with Crippen molar-refractivity contribution in [3.63, 3.8) is 0 Å². The standard InChI is InChI=1S/C27H25ClFN5O3/c1-32-25(34-11-9-24(35)31-27(34)36)14-30-26(32)18-7-8-19-15-33(16-20(19)13-18)10-2-3-12-37-17-21-22(28)5-4-6-23(21)29/h4-8,13-14H,9-12,15-17H2,1H3,(H,31,35,36). The van der Waals surface area contributed by atoms with E-state index in [-0.39, 0.29) is 31.4 Å². The van der Waals surface area contributed by atoms with Gasteiger partial charge in [0.15, 0.2) is 0 Å². The van der Waals surface area contributed by atoms with Crippen LogP contribution in [-0.4, -0.2) is 46.1 Å². The number of hydrogen-bond donors (Lipinski definition) is 1. The maximum absolute atomic E-state index is 13.8. The van der Waals surface area contributed by atoms with Crippen LogP contribution in [0, 0.1) is 17.7 Å². The van der Waals surface area contributed by atoms with Crippen molar-refractivity contribution >= 4 is 29.4 Å². The van der Waals surface area contributed by atoms with E-state index in [1.807, 2.05) is 17.7 Å². The summed E-state index contributed by atoms with van der Waals surface area (Å²) in [6.45, 7) is 2.74. The van der Waals surface area contributed by atoms with Gasteiger partial charge in [-0.3, -0.25) is 19.9 Å². The molecule has 10 heteroatoms. The number of halogens is 2. The van der Waals surface area contributed by atoms with Crippen molar-refractivity contribution in [2.45, 2.75) is 26.1 Å². The van der Waals surface area contributed by atoms with Crippen molar-refractivity contribution < 1.29 is 18.7 Å². The molecule has 0 unspecified atom stereocenters. The third-order valence-electron chi connectivity index (χ3n) is 6.46. The molecule has 0 radical (unpaired) electrons. The van der Waals surface area contributed by atoms with Gasteiger partial charge >= 0.3 is 6.03 Å². The van der Waals surface area contributed by atoms with Crippen LogP contribution in [0.1, 0.15) is 23.1 Å². The monoisotopic (exact) mass is 521 g/mol. The Bertz CT molecular complexity index is 1410. The summed E-state index contributed by atoms with van der Waals surface area (Å²) in [4.78, 5) is 32.0. The second-order valence-corrected chi connectivity index (χ2v) is 9.34. The van der Waals surface area contributed by atoms with E-state index >= 15 is 0 Å². The minimum absolute atomic E-state index is 0.0770. The van der Waals surface area contributed by atoms with Crippen molar-refractivity contribution in [2.75, 3.05) is 24.6 Å². The van der Waals surface area contributed by atoms with Gasteiger partial charge < -0.3 is 9.30 Å². The molecule has 3 amide bonds. The Kier molecular flexibility index (Phi) is 7.24. The van der Waals surface area contributed by atoms with Gasteiger partial charge in [-0.2, -0.15) is 0 Å². The predicted molar refractivity (Wildman–Crippen MR) is 137 cm³/mol. The summed E-state index contributed by atoms with van der Waals surface area (Å²) in [7, 11) is 1.86. The summed E-state index contributed by atoms with van der Waals surface area (Å²) in [6, 6.07) is 10.4. The number of nitrogens with zero attached hydrogens (tertiary/aromatic N) is 4. The second-order valence-electron chi connectivity index (χ2n) is 8.93. The highest BCUT2D eigenvalue weighted by molar-refractivity contribution is 6.31. The number of imide groups is 1. The number of fused-ring (bicyclic) bond motifs is 1. The first-order chi connectivity index (χ1) is 17.9. The van der Waals surface area contributed by atoms with E-state index in [2.05, 4.69) is 39.2 Å². The van der Waals surface area contributed by atoms with Gasteiger partial charge in [0.2, 0.25) is 5.91 Å². The summed E-state index contributed by atoms with van der Waals surface area (Å²) in [6.07, 6.45) is 1.91. The topological polar surface area (TPSA) is 79.7 Å². The van der Waals surface area contributed by atoms with Crippen molar-refractivity contribution in [1.29, 1.82) is 0 Å². The van der Waals surface area contributed by atoms with Crippen LogP contribution >= 0.6 is 11.6 Å². The lowest BCUT2D eigenvalue weighted by atomic mass is 10.1. The molecule has 0 bridgehead atoms. The lowest BCUT2D eigenvalue weighted by Crippen LogP contribution is -2.50. The van der Waals surface area contributed by atoms with Crippen LogP contribution in [0.3, 0.4) is 0 Å². The molecule has 190 valence electrons. The molecule has 2 aromatic carbocycles. The van der Waals surface area contributed by atoms with Crippen LogP contribution in [0.15, 0.2) is 42.6 Å². The van der Waals surface area contributed by atoms with Crippen molar-refractivity contribution in [1.82, 2.24) is 19.8 Å². The summed E-state index contributed by atoms with van der Waals surface area (Å²) in [5, 5.41) is 2.69. The molecule has 1 saturated heterocycles. The van der Waals surface area contributed by atoms with Gasteiger partial charge in [0.1, 0.15) is 24.1 Å². The largest absolute Gasteiger partial charge is 0.364 e. The Morgan fingerprint density at radius 2 is 2.00 bits per heavy atom. The molecule has 8 nitrogen and oxygen atoms in total. The number of imidazole rings is 1. The molecule has 0 spiro atoms. The van der Waals surface area contributed by atoms with E-state index in [1.165, 1.54) is 22.1 Å². The molecule has 1 N–H and O–H groups in total. The quantitative estimate of drug-likeness (QED) is 0.393. The van der Waals surface area contributed by atoms with Gasteiger partial charge in [-0.15, -0.1) is 0 Å². The highest BCUT2D eigenvalue weighted by atomic mass is 35.5. The average Bonchev–Trinajstić information content (AvgIpc) is 3.45. The number of ether oxygens (including phenoxy) is 1. The molecule has 3 heterocycles. The van der Waals surface area contributed by atoms with Crippen molar-refractivity contribution in [3.05, 3.63) is 70.1 Å². The molecular formula is C27H25ClFN5O3. The molecule has 2 aliphatic rings. The Morgan fingerprint density at radius 1 is 1.16 bits per heavy atom. The van der Waals surface area contributed by atoms with Crippen molar-refractivity contribution in [3.8, 4) is 23.2 Å². The highest BCUT2D eigenvalue weighted by Gasteiger charge is 2.27. The first-order valence-electron chi connectivity index (χ1n) is 11.8. The maximum Gasteiger partial charge on any atom is 0.329 e. The zero-order valence-corrected chi connectivity index (χ0v) is 21.0.